The van der Waals surface area contributed by atoms with E-state index in [2.05, 4.69) is 5.32 Å². The number of halogens is 1. The minimum absolute atomic E-state index is 0.00147. The predicted octanol–water partition coefficient (Wildman–Crippen LogP) is 2.68. The lowest BCUT2D eigenvalue weighted by molar-refractivity contribution is -0.140. The molecule has 1 aromatic carbocycles. The van der Waals surface area contributed by atoms with E-state index >= 15 is 0 Å². The normalized spacial score (nSPS) is 20.3. The summed E-state index contributed by atoms with van der Waals surface area (Å²) in [6, 6.07) is 6.82. The summed E-state index contributed by atoms with van der Waals surface area (Å²) in [6.07, 6.45) is 2.39. The van der Waals surface area contributed by atoms with Crippen LogP contribution in [0.15, 0.2) is 24.3 Å². The number of nitrogens with one attached hydrogen (secondary N) is 1. The lowest BCUT2D eigenvalue weighted by atomic mass is 10.0. The van der Waals surface area contributed by atoms with Crippen LogP contribution < -0.4 is 5.32 Å². The van der Waals surface area contributed by atoms with Gasteiger partial charge in [-0.2, -0.15) is 0 Å². The Bertz CT molecular complexity index is 547. The molecule has 2 amide bonds. The molecule has 0 radical (unpaired) electrons. The van der Waals surface area contributed by atoms with Gasteiger partial charge in [-0.3, -0.25) is 9.59 Å². The van der Waals surface area contributed by atoms with Crippen molar-refractivity contribution in [3.63, 3.8) is 0 Å². The van der Waals surface area contributed by atoms with Crippen molar-refractivity contribution in [1.29, 1.82) is 0 Å². The first-order valence-corrected chi connectivity index (χ1v) is 8.41. The molecule has 0 aliphatic heterocycles. The highest BCUT2D eigenvalue weighted by Gasteiger charge is 2.34. The third kappa shape index (κ3) is 4.94. The highest BCUT2D eigenvalue weighted by atomic mass is 35.5. The molecule has 2 rings (SSSR count). The van der Waals surface area contributed by atoms with E-state index in [1.807, 2.05) is 6.92 Å². The summed E-state index contributed by atoms with van der Waals surface area (Å²) in [5.74, 6) is -0.741. The van der Waals surface area contributed by atoms with E-state index in [0.29, 0.717) is 30.1 Å². The van der Waals surface area contributed by atoms with Crippen molar-refractivity contribution in [3.05, 3.63) is 29.3 Å². The average Bonchev–Trinajstić information content (AvgIpc) is 2.94. The number of carbonyl (C=O) groups excluding carboxylic acids is 2. The number of anilines is 1. The molecular formula is C17H23ClN2O3. The van der Waals surface area contributed by atoms with Crippen LogP contribution in [0.5, 0.6) is 0 Å². The molecule has 1 aliphatic rings. The second kappa shape index (κ2) is 8.31. The number of aliphatic hydroxyl groups excluding tert-OH is 1. The van der Waals surface area contributed by atoms with Gasteiger partial charge >= 0.3 is 0 Å². The van der Waals surface area contributed by atoms with E-state index in [9.17, 15) is 14.7 Å². The van der Waals surface area contributed by atoms with E-state index < -0.39 is 6.10 Å². The Hall–Kier alpha value is -1.59. The van der Waals surface area contributed by atoms with E-state index in [1.54, 1.807) is 29.2 Å². The van der Waals surface area contributed by atoms with E-state index in [-0.39, 0.29) is 24.3 Å². The van der Waals surface area contributed by atoms with E-state index in [0.717, 1.165) is 12.8 Å². The molecule has 1 saturated carbocycles. The number of aliphatic hydroxyl groups is 1. The van der Waals surface area contributed by atoms with Gasteiger partial charge in [-0.15, -0.1) is 0 Å². The minimum atomic E-state index is -0.582. The zero-order chi connectivity index (χ0) is 16.8. The minimum Gasteiger partial charge on any atom is -0.392 e. The maximum Gasteiger partial charge on any atom is 0.243 e. The van der Waals surface area contributed by atoms with Gasteiger partial charge in [0.1, 0.15) is 0 Å². The summed E-state index contributed by atoms with van der Waals surface area (Å²) in [5, 5.41) is 13.3. The van der Waals surface area contributed by atoms with Crippen molar-refractivity contribution in [1.82, 2.24) is 4.90 Å². The first-order chi connectivity index (χ1) is 11.0. The largest absolute Gasteiger partial charge is 0.392 e. The topological polar surface area (TPSA) is 69.6 Å². The van der Waals surface area contributed by atoms with Gasteiger partial charge in [0.05, 0.1) is 18.6 Å². The van der Waals surface area contributed by atoms with Gasteiger partial charge in [0, 0.05) is 17.3 Å². The van der Waals surface area contributed by atoms with Crippen molar-refractivity contribution in [2.45, 2.75) is 38.7 Å². The van der Waals surface area contributed by atoms with Crippen LogP contribution in [0.1, 0.15) is 32.6 Å². The number of hydrogen-bond donors (Lipinski definition) is 2. The van der Waals surface area contributed by atoms with Gasteiger partial charge in [-0.25, -0.2) is 0 Å². The third-order valence-corrected chi connectivity index (χ3v) is 4.32. The highest BCUT2D eigenvalue weighted by Crippen LogP contribution is 2.27. The Morgan fingerprint density at radius 2 is 2.00 bits per heavy atom. The Labute approximate surface area is 141 Å². The molecule has 1 fully saturated rings. The quantitative estimate of drug-likeness (QED) is 0.837. The van der Waals surface area contributed by atoms with Crippen molar-refractivity contribution in [3.8, 4) is 0 Å². The SMILES string of the molecule is CCCN(CC(=O)Nc1ccc(Cl)cc1)C(=O)C1CCCC1O. The van der Waals surface area contributed by atoms with Gasteiger partial charge in [-0.05, 0) is 49.9 Å². The lowest BCUT2D eigenvalue weighted by Crippen LogP contribution is -2.43. The number of nitrogens with zero attached hydrogens (tertiary/aromatic N) is 1. The lowest BCUT2D eigenvalue weighted by Gasteiger charge is -2.26. The molecule has 2 N–H and O–H groups in total. The molecule has 1 aliphatic carbocycles. The van der Waals surface area contributed by atoms with Gasteiger partial charge in [0.15, 0.2) is 0 Å². The summed E-state index contributed by atoms with van der Waals surface area (Å²) in [7, 11) is 0. The molecule has 23 heavy (non-hydrogen) atoms. The Morgan fingerprint density at radius 3 is 2.57 bits per heavy atom. The molecule has 0 aromatic heterocycles. The van der Waals surface area contributed by atoms with Crippen LogP contribution in [0.4, 0.5) is 5.69 Å². The van der Waals surface area contributed by atoms with Crippen LogP contribution >= 0.6 is 11.6 Å². The first-order valence-electron chi connectivity index (χ1n) is 8.03. The van der Waals surface area contributed by atoms with Crippen LogP contribution in [0.25, 0.3) is 0 Å². The summed E-state index contributed by atoms with van der Waals surface area (Å²) in [6.45, 7) is 2.47. The number of benzene rings is 1. The molecule has 126 valence electrons. The molecule has 6 heteroatoms. The van der Waals surface area contributed by atoms with E-state index in [4.69, 9.17) is 11.6 Å². The van der Waals surface area contributed by atoms with Crippen molar-refractivity contribution < 1.29 is 14.7 Å². The number of carbonyl (C=O) groups is 2. The maximum atomic E-state index is 12.5. The maximum absolute atomic E-state index is 12.5. The van der Waals surface area contributed by atoms with Gasteiger partial charge in [-0.1, -0.05) is 18.5 Å². The second-order valence-corrected chi connectivity index (χ2v) is 6.36. The Balaban J connectivity index is 1.96. The summed E-state index contributed by atoms with van der Waals surface area (Å²) >= 11 is 5.81. The number of hydrogen-bond acceptors (Lipinski definition) is 3. The van der Waals surface area contributed by atoms with E-state index in [1.165, 1.54) is 0 Å². The summed E-state index contributed by atoms with van der Waals surface area (Å²) < 4.78 is 0. The highest BCUT2D eigenvalue weighted by molar-refractivity contribution is 6.30. The average molecular weight is 339 g/mol. The molecule has 2 atom stereocenters. The fourth-order valence-electron chi connectivity index (χ4n) is 2.91. The molecule has 0 spiro atoms. The molecule has 0 heterocycles. The third-order valence-electron chi connectivity index (χ3n) is 4.06. The monoisotopic (exact) mass is 338 g/mol. The van der Waals surface area contributed by atoms with Crippen LogP contribution in [0.2, 0.25) is 5.02 Å². The smallest absolute Gasteiger partial charge is 0.243 e. The number of amides is 2. The summed E-state index contributed by atoms with van der Waals surface area (Å²) in [4.78, 5) is 26.3. The molecule has 1 aromatic rings. The van der Waals surface area contributed by atoms with Crippen molar-refractivity contribution in [2.75, 3.05) is 18.4 Å². The molecule has 0 bridgehead atoms. The van der Waals surface area contributed by atoms with Gasteiger partial charge in [0.2, 0.25) is 11.8 Å². The fourth-order valence-corrected chi connectivity index (χ4v) is 3.03. The summed E-state index contributed by atoms with van der Waals surface area (Å²) in [5.41, 5.74) is 0.643. The zero-order valence-electron chi connectivity index (χ0n) is 13.3. The van der Waals surface area contributed by atoms with Crippen molar-refractivity contribution in [2.24, 2.45) is 5.92 Å². The number of rotatable bonds is 6. The predicted molar refractivity (Wildman–Crippen MR) is 90.3 cm³/mol. The van der Waals surface area contributed by atoms with Crippen LogP contribution in [0.3, 0.4) is 0 Å². The van der Waals surface area contributed by atoms with Crippen LogP contribution in [-0.4, -0.2) is 41.0 Å². The van der Waals surface area contributed by atoms with Crippen LogP contribution in [-0.2, 0) is 9.59 Å². The molecule has 2 unspecified atom stereocenters. The molecule has 0 saturated heterocycles. The second-order valence-electron chi connectivity index (χ2n) is 5.92. The van der Waals surface area contributed by atoms with Gasteiger partial charge < -0.3 is 15.3 Å². The standard InChI is InChI=1S/C17H23ClN2O3/c1-2-10-20(17(23)14-4-3-5-15(14)21)11-16(22)19-13-8-6-12(18)7-9-13/h6-9,14-15,21H,2-5,10-11H2,1H3,(H,19,22). The Morgan fingerprint density at radius 1 is 1.30 bits per heavy atom. The first kappa shape index (κ1) is 17.8. The zero-order valence-corrected chi connectivity index (χ0v) is 14.1. The van der Waals surface area contributed by atoms with Crippen molar-refractivity contribution >= 4 is 29.1 Å². The fraction of sp³-hybridized carbons (Fsp3) is 0.529. The van der Waals surface area contributed by atoms with Gasteiger partial charge in [0.25, 0.3) is 0 Å². The van der Waals surface area contributed by atoms with Crippen LogP contribution in [0, 0.1) is 5.92 Å². The molecule has 5 nitrogen and oxygen atoms in total. The molecular weight excluding hydrogens is 316 g/mol. The Kier molecular flexibility index (Phi) is 6.42.